The summed E-state index contributed by atoms with van der Waals surface area (Å²) in [5.41, 5.74) is -1.70. The summed E-state index contributed by atoms with van der Waals surface area (Å²) in [6.45, 7) is 5.26. The molecule has 0 aliphatic carbocycles. The number of thiol groups is 1. The molecule has 88 valence electrons. The highest BCUT2D eigenvalue weighted by molar-refractivity contribution is 8.60. The molecule has 0 saturated carbocycles. The Morgan fingerprint density at radius 2 is 2.31 bits per heavy atom. The number of hydrogen-bond donors (Lipinski definition) is 2. The number of pyridine rings is 1. The zero-order valence-electron chi connectivity index (χ0n) is 8.88. The summed E-state index contributed by atoms with van der Waals surface area (Å²) >= 11 is 9.08. The van der Waals surface area contributed by atoms with Crippen LogP contribution in [0.4, 0.5) is 0 Å². The average molecular weight is 277 g/mol. The zero-order chi connectivity index (χ0) is 12.3. The largest absolute Gasteiger partial charge is 0.503 e. The molecule has 1 aromatic heterocycles. The monoisotopic (exact) mass is 277 g/mol. The second-order valence-electron chi connectivity index (χ2n) is 2.92. The van der Waals surface area contributed by atoms with Crippen LogP contribution in [0.25, 0.3) is 6.08 Å². The van der Waals surface area contributed by atoms with E-state index in [4.69, 9.17) is 20.9 Å². The number of rotatable bonds is 4. The van der Waals surface area contributed by atoms with E-state index in [2.05, 4.69) is 23.8 Å². The molecule has 0 saturated heterocycles. The van der Waals surface area contributed by atoms with Gasteiger partial charge in [0.1, 0.15) is 0 Å². The minimum absolute atomic E-state index is 0.0716. The summed E-state index contributed by atoms with van der Waals surface area (Å²) in [4.78, 5) is 3.98. The molecule has 1 heterocycles. The maximum absolute atomic E-state index is 9.82. The fraction of sp³-hybridized carbons (Fsp3) is 0.222. The van der Waals surface area contributed by atoms with Gasteiger partial charge in [-0.2, -0.15) is 0 Å². The first-order valence-corrected chi connectivity index (χ1v) is 8.09. The molecule has 1 N–H and O–H groups in total. The molecule has 0 aliphatic rings. The predicted molar refractivity (Wildman–Crippen MR) is 71.6 cm³/mol. The van der Waals surface area contributed by atoms with Gasteiger partial charge in [0.25, 0.3) is 5.69 Å². The van der Waals surface area contributed by atoms with Gasteiger partial charge in [0.05, 0.1) is 5.69 Å². The van der Waals surface area contributed by atoms with Crippen LogP contribution in [-0.4, -0.2) is 17.2 Å². The fourth-order valence-electron chi connectivity index (χ4n) is 0.981. The quantitative estimate of drug-likeness (QED) is 0.654. The Bertz CT molecular complexity index is 464. The molecule has 0 aliphatic heterocycles. The summed E-state index contributed by atoms with van der Waals surface area (Å²) in [6.07, 6.45) is 3.05. The molecular formula is C9H12NO3PS2. The van der Waals surface area contributed by atoms with Crippen molar-refractivity contribution >= 4 is 35.8 Å². The summed E-state index contributed by atoms with van der Waals surface area (Å²) in [5, 5.41) is 9.82. The van der Waals surface area contributed by atoms with Crippen molar-refractivity contribution in [2.24, 2.45) is 0 Å². The molecule has 7 heteroatoms. The second kappa shape index (κ2) is 5.19. The number of aromatic hydroxyl groups is 1. The van der Waals surface area contributed by atoms with Crippen LogP contribution in [0, 0.1) is 6.92 Å². The van der Waals surface area contributed by atoms with Crippen LogP contribution < -0.4 is 4.52 Å². The van der Waals surface area contributed by atoms with Crippen molar-refractivity contribution < 1.29 is 14.2 Å². The first-order chi connectivity index (χ1) is 7.41. The molecular weight excluding hydrogens is 265 g/mol. The van der Waals surface area contributed by atoms with Gasteiger partial charge in [-0.3, -0.25) is 4.98 Å². The van der Waals surface area contributed by atoms with Crippen LogP contribution in [0.1, 0.15) is 11.3 Å². The first-order valence-electron chi connectivity index (χ1n) is 4.30. The zero-order valence-corrected chi connectivity index (χ0v) is 11.5. The van der Waals surface area contributed by atoms with Crippen molar-refractivity contribution in [3.05, 3.63) is 24.0 Å². The molecule has 4 nitrogen and oxygen atoms in total. The summed E-state index contributed by atoms with van der Waals surface area (Å²) in [6, 6.07) is 0. The Morgan fingerprint density at radius 3 is 2.81 bits per heavy atom. The van der Waals surface area contributed by atoms with Crippen LogP contribution in [-0.2, 0) is 16.3 Å². The van der Waals surface area contributed by atoms with Gasteiger partial charge in [0.2, 0.25) is 0 Å². The van der Waals surface area contributed by atoms with Crippen LogP contribution in [0.5, 0.6) is 11.5 Å². The summed E-state index contributed by atoms with van der Waals surface area (Å²) in [5.74, 6) is 0.139. The molecule has 0 spiro atoms. The number of aryl methyl sites for hydroxylation is 1. The Morgan fingerprint density at radius 1 is 1.69 bits per heavy atom. The standard InChI is InChI=1S/C9H12NO3PS2/c1-4-7-5-10-6(2)8(11)9(7)13-14(15,16)12-3/h4-5,11H,1H2,2-3H3,(H,15,16). The molecule has 16 heavy (non-hydrogen) atoms. The predicted octanol–water partition coefficient (Wildman–Crippen LogP) is 2.92. The Balaban J connectivity index is 3.26. The van der Waals surface area contributed by atoms with Gasteiger partial charge in [0, 0.05) is 18.9 Å². The molecule has 0 amide bonds. The van der Waals surface area contributed by atoms with Crippen LogP contribution >= 0.6 is 17.9 Å². The van der Waals surface area contributed by atoms with Crippen LogP contribution in [0.15, 0.2) is 12.8 Å². The Labute approximate surface area is 105 Å². The van der Waals surface area contributed by atoms with E-state index in [1.54, 1.807) is 6.92 Å². The van der Waals surface area contributed by atoms with Gasteiger partial charge in [-0.1, -0.05) is 24.9 Å². The topological polar surface area (TPSA) is 51.6 Å². The summed E-state index contributed by atoms with van der Waals surface area (Å²) < 4.78 is 10.3. The number of nitrogens with zero attached hydrogens (tertiary/aromatic N) is 1. The van der Waals surface area contributed by atoms with Crippen molar-refractivity contribution in [1.82, 2.24) is 4.98 Å². The van der Waals surface area contributed by atoms with E-state index in [1.165, 1.54) is 19.4 Å². The molecule has 1 unspecified atom stereocenters. The molecule has 0 fully saturated rings. The van der Waals surface area contributed by atoms with Crippen molar-refractivity contribution in [2.75, 3.05) is 7.11 Å². The molecule has 0 aromatic carbocycles. The van der Waals surface area contributed by atoms with Crippen molar-refractivity contribution in [2.45, 2.75) is 6.92 Å². The van der Waals surface area contributed by atoms with Crippen molar-refractivity contribution in [1.29, 1.82) is 0 Å². The smallest absolute Gasteiger partial charge is 0.294 e. The lowest BCUT2D eigenvalue weighted by Gasteiger charge is -2.18. The lowest BCUT2D eigenvalue weighted by Crippen LogP contribution is -1.95. The Hall–Kier alpha value is -0.550. The second-order valence-corrected chi connectivity index (χ2v) is 8.24. The lowest BCUT2D eigenvalue weighted by molar-refractivity contribution is 0.390. The van der Waals surface area contributed by atoms with Gasteiger partial charge in [-0.05, 0) is 18.7 Å². The molecule has 0 radical (unpaired) electrons. The highest BCUT2D eigenvalue weighted by atomic mass is 32.9. The third-order valence-electron chi connectivity index (χ3n) is 1.87. The van der Waals surface area contributed by atoms with Gasteiger partial charge in [-0.15, -0.1) is 0 Å². The van der Waals surface area contributed by atoms with E-state index < -0.39 is 5.69 Å². The minimum Gasteiger partial charge on any atom is -0.503 e. The van der Waals surface area contributed by atoms with E-state index in [0.29, 0.717) is 11.3 Å². The summed E-state index contributed by atoms with van der Waals surface area (Å²) in [7, 11) is 1.41. The minimum atomic E-state index is -2.69. The fourth-order valence-corrected chi connectivity index (χ4v) is 1.95. The highest BCUT2D eigenvalue weighted by Crippen LogP contribution is 2.54. The van der Waals surface area contributed by atoms with Gasteiger partial charge < -0.3 is 14.2 Å². The normalized spacial score (nSPS) is 14.2. The maximum atomic E-state index is 9.82. The molecule has 1 atom stereocenters. The lowest BCUT2D eigenvalue weighted by atomic mass is 10.2. The van der Waals surface area contributed by atoms with Crippen LogP contribution in [0.3, 0.4) is 0 Å². The van der Waals surface area contributed by atoms with Crippen molar-refractivity contribution in [3.8, 4) is 11.5 Å². The van der Waals surface area contributed by atoms with Gasteiger partial charge in [-0.25, -0.2) is 0 Å². The molecule has 1 rings (SSSR count). The molecule has 1 aromatic rings. The SMILES string of the molecule is C=Cc1cnc(C)c(O)c1OP(=S)(S)OC. The van der Waals surface area contributed by atoms with Crippen molar-refractivity contribution in [3.63, 3.8) is 0 Å². The first kappa shape index (κ1) is 13.5. The maximum Gasteiger partial charge on any atom is 0.294 e. The van der Waals surface area contributed by atoms with E-state index >= 15 is 0 Å². The third-order valence-corrected chi connectivity index (χ3v) is 4.15. The third kappa shape index (κ3) is 2.98. The van der Waals surface area contributed by atoms with Gasteiger partial charge >= 0.3 is 0 Å². The van der Waals surface area contributed by atoms with Crippen LogP contribution in [0.2, 0.25) is 0 Å². The number of aromatic nitrogens is 1. The molecule has 0 bridgehead atoms. The van der Waals surface area contributed by atoms with E-state index in [1.807, 2.05) is 0 Å². The van der Waals surface area contributed by atoms with Gasteiger partial charge in [0.15, 0.2) is 11.5 Å². The van der Waals surface area contributed by atoms with E-state index in [-0.39, 0.29) is 11.5 Å². The Kier molecular flexibility index (Phi) is 4.38. The van der Waals surface area contributed by atoms with E-state index in [9.17, 15) is 5.11 Å². The highest BCUT2D eigenvalue weighted by Gasteiger charge is 2.19. The number of hydrogen-bond acceptors (Lipinski definition) is 5. The average Bonchev–Trinajstić information content (AvgIpc) is 2.25. The van der Waals surface area contributed by atoms with E-state index in [0.717, 1.165) is 0 Å².